The first-order chi connectivity index (χ1) is 14.5. The molecule has 164 valence electrons. The molecule has 3 aliphatic heterocycles. The van der Waals surface area contributed by atoms with Gasteiger partial charge in [0.15, 0.2) is 0 Å². The van der Waals surface area contributed by atoms with Crippen LogP contribution in [0.15, 0.2) is 24.3 Å². The van der Waals surface area contributed by atoms with Crippen molar-refractivity contribution in [1.29, 1.82) is 0 Å². The van der Waals surface area contributed by atoms with Gasteiger partial charge in [-0.1, -0.05) is 43.5 Å². The molecule has 1 aromatic carbocycles. The molecule has 1 aromatic rings. The second-order valence-corrected chi connectivity index (χ2v) is 9.76. The van der Waals surface area contributed by atoms with Crippen molar-refractivity contribution >= 4 is 11.9 Å². The highest BCUT2D eigenvalue weighted by atomic mass is 16.5. The molecule has 30 heavy (non-hydrogen) atoms. The van der Waals surface area contributed by atoms with Gasteiger partial charge in [0, 0.05) is 11.8 Å². The number of esters is 1. The number of carbonyl (C=O) groups excluding carboxylic acids is 1. The molecule has 0 spiro atoms. The maximum atomic E-state index is 13.5. The number of aryl methyl sites for hydroxylation is 1. The zero-order valence-electron chi connectivity index (χ0n) is 18.0. The van der Waals surface area contributed by atoms with Gasteiger partial charge in [0.05, 0.1) is 12.0 Å². The number of piperidine rings is 3. The molecule has 4 aliphatic rings. The predicted octanol–water partition coefficient (Wildman–Crippen LogP) is 4.32. The molecule has 0 aromatic heterocycles. The van der Waals surface area contributed by atoms with Crippen LogP contribution in [0.1, 0.15) is 75.3 Å². The Labute approximate surface area is 179 Å². The molecule has 0 unspecified atom stereocenters. The van der Waals surface area contributed by atoms with E-state index < -0.39 is 11.4 Å². The van der Waals surface area contributed by atoms with Crippen molar-refractivity contribution in [2.75, 3.05) is 26.2 Å². The van der Waals surface area contributed by atoms with Gasteiger partial charge in [-0.15, -0.1) is 0 Å². The number of hydrogen-bond acceptors (Lipinski definition) is 4. The van der Waals surface area contributed by atoms with Crippen molar-refractivity contribution in [2.45, 2.75) is 76.0 Å². The topological polar surface area (TPSA) is 66.8 Å². The van der Waals surface area contributed by atoms with Crippen LogP contribution in [0.2, 0.25) is 0 Å². The Morgan fingerprint density at radius 3 is 2.37 bits per heavy atom. The number of nitrogens with zero attached hydrogens (tertiary/aromatic N) is 1. The molecule has 0 radical (unpaired) electrons. The summed E-state index contributed by atoms with van der Waals surface area (Å²) in [6.07, 6.45) is 9.95. The third kappa shape index (κ3) is 4.56. The molecule has 5 heteroatoms. The third-order valence-corrected chi connectivity index (χ3v) is 7.82. The number of carboxylic acids is 1. The second-order valence-electron chi connectivity index (χ2n) is 9.76. The van der Waals surface area contributed by atoms with Gasteiger partial charge in [0.2, 0.25) is 0 Å². The van der Waals surface area contributed by atoms with E-state index in [9.17, 15) is 9.59 Å². The Kier molecular flexibility index (Phi) is 6.47. The number of hydrogen-bond donors (Lipinski definition) is 1. The van der Waals surface area contributed by atoms with Gasteiger partial charge in [0.25, 0.3) is 0 Å². The van der Waals surface area contributed by atoms with E-state index in [1.807, 2.05) is 12.1 Å². The molecular formula is C25H35NO4. The first-order valence-corrected chi connectivity index (χ1v) is 11.7. The van der Waals surface area contributed by atoms with Crippen LogP contribution in [0.25, 0.3) is 0 Å². The van der Waals surface area contributed by atoms with Gasteiger partial charge in [-0.05, 0) is 75.7 Å². The van der Waals surface area contributed by atoms with Gasteiger partial charge in [0.1, 0.15) is 0 Å². The molecule has 1 N–H and O–H groups in total. The lowest BCUT2D eigenvalue weighted by Gasteiger charge is -2.48. The van der Waals surface area contributed by atoms with E-state index in [-0.39, 0.29) is 17.8 Å². The second kappa shape index (κ2) is 9.09. The summed E-state index contributed by atoms with van der Waals surface area (Å²) in [5, 5.41) is 8.91. The van der Waals surface area contributed by atoms with E-state index in [1.54, 1.807) is 0 Å². The molecule has 2 bridgehead atoms. The van der Waals surface area contributed by atoms with Crippen LogP contribution in [0.4, 0.5) is 0 Å². The summed E-state index contributed by atoms with van der Waals surface area (Å²) in [5.41, 5.74) is 1.84. The minimum atomic E-state index is -0.758. The fourth-order valence-corrected chi connectivity index (χ4v) is 5.70. The molecule has 5 nitrogen and oxygen atoms in total. The summed E-state index contributed by atoms with van der Waals surface area (Å²) in [7, 11) is 0. The highest BCUT2D eigenvalue weighted by Gasteiger charge is 2.45. The van der Waals surface area contributed by atoms with Crippen LogP contribution in [0.3, 0.4) is 0 Å². The van der Waals surface area contributed by atoms with E-state index in [4.69, 9.17) is 9.84 Å². The third-order valence-electron chi connectivity index (χ3n) is 7.82. The van der Waals surface area contributed by atoms with Crippen molar-refractivity contribution in [3.8, 4) is 0 Å². The highest BCUT2D eigenvalue weighted by Crippen LogP contribution is 2.44. The summed E-state index contributed by atoms with van der Waals surface area (Å²) in [4.78, 5) is 26.9. The number of ether oxygens (including phenoxy) is 1. The molecule has 1 saturated carbocycles. The monoisotopic (exact) mass is 413 g/mol. The highest BCUT2D eigenvalue weighted by molar-refractivity contribution is 5.83. The summed E-state index contributed by atoms with van der Waals surface area (Å²) in [6.45, 7) is 3.99. The first-order valence-electron chi connectivity index (χ1n) is 11.7. The number of aliphatic carboxylic acids is 1. The number of fused-ring (bicyclic) bond motifs is 3. The van der Waals surface area contributed by atoms with Gasteiger partial charge in [-0.3, -0.25) is 9.59 Å². The van der Waals surface area contributed by atoms with Gasteiger partial charge < -0.3 is 14.7 Å². The summed E-state index contributed by atoms with van der Waals surface area (Å²) >= 11 is 0. The van der Waals surface area contributed by atoms with E-state index in [1.165, 1.54) is 6.42 Å². The molecule has 0 atom stereocenters. The molecule has 5 rings (SSSR count). The number of carbonyl (C=O) groups is 2. The maximum absolute atomic E-state index is 13.5. The Hall–Kier alpha value is -1.88. The number of rotatable bonds is 8. The molecular weight excluding hydrogens is 378 g/mol. The standard InChI is InChI=1S/C25H35NO4/c27-22(28)9-5-7-20-6-4-8-21(18-20)25(10-2-1-3-11-25)23(29)30-19-24-12-15-26(16-13-24)17-14-24/h4,6,8,18H,1-3,5,7,9-17,19H2,(H,27,28). The van der Waals surface area contributed by atoms with Crippen LogP contribution >= 0.6 is 0 Å². The van der Waals surface area contributed by atoms with Crippen molar-refractivity contribution in [3.63, 3.8) is 0 Å². The molecule has 1 aliphatic carbocycles. The summed E-state index contributed by atoms with van der Waals surface area (Å²) in [6, 6.07) is 8.27. The minimum Gasteiger partial charge on any atom is -0.481 e. The largest absolute Gasteiger partial charge is 0.481 e. The molecule has 4 fully saturated rings. The van der Waals surface area contributed by atoms with Crippen LogP contribution in [-0.2, 0) is 26.2 Å². The quantitative estimate of drug-likeness (QED) is 0.643. The predicted molar refractivity (Wildman–Crippen MR) is 115 cm³/mol. The van der Waals surface area contributed by atoms with Crippen molar-refractivity contribution in [2.24, 2.45) is 5.41 Å². The average Bonchev–Trinajstić information content (AvgIpc) is 2.79. The molecule has 0 amide bonds. The average molecular weight is 414 g/mol. The minimum absolute atomic E-state index is 0.0349. The zero-order chi connectivity index (χ0) is 21.0. The van der Waals surface area contributed by atoms with Crippen LogP contribution in [0.5, 0.6) is 0 Å². The summed E-state index contributed by atoms with van der Waals surface area (Å²) < 4.78 is 6.11. The maximum Gasteiger partial charge on any atom is 0.316 e. The Balaban J connectivity index is 1.48. The Bertz CT molecular complexity index is 746. The smallest absolute Gasteiger partial charge is 0.316 e. The summed E-state index contributed by atoms with van der Waals surface area (Å²) in [5.74, 6) is -0.793. The van der Waals surface area contributed by atoms with Crippen LogP contribution < -0.4 is 0 Å². The van der Waals surface area contributed by atoms with E-state index in [2.05, 4.69) is 17.0 Å². The molecule has 3 saturated heterocycles. The number of benzene rings is 1. The normalized spacial score (nSPS) is 27.5. The van der Waals surface area contributed by atoms with Crippen LogP contribution in [-0.4, -0.2) is 48.2 Å². The van der Waals surface area contributed by atoms with Gasteiger partial charge in [-0.2, -0.15) is 0 Å². The lowest BCUT2D eigenvalue weighted by atomic mass is 9.68. The Morgan fingerprint density at radius 2 is 1.70 bits per heavy atom. The van der Waals surface area contributed by atoms with Crippen molar-refractivity contribution < 1.29 is 19.4 Å². The van der Waals surface area contributed by atoms with Crippen molar-refractivity contribution in [1.82, 2.24) is 4.90 Å². The van der Waals surface area contributed by atoms with Gasteiger partial charge in [-0.25, -0.2) is 0 Å². The van der Waals surface area contributed by atoms with Gasteiger partial charge >= 0.3 is 11.9 Å². The first kappa shape index (κ1) is 21.4. The van der Waals surface area contributed by atoms with Crippen LogP contribution in [0, 0.1) is 5.41 Å². The van der Waals surface area contributed by atoms with E-state index in [0.717, 1.165) is 82.1 Å². The van der Waals surface area contributed by atoms with E-state index >= 15 is 0 Å². The lowest BCUT2D eigenvalue weighted by Crippen LogP contribution is -2.51. The van der Waals surface area contributed by atoms with Crippen molar-refractivity contribution in [3.05, 3.63) is 35.4 Å². The Morgan fingerprint density at radius 1 is 1.00 bits per heavy atom. The zero-order valence-corrected chi connectivity index (χ0v) is 18.0. The number of carboxylic acid groups (broad SMARTS) is 1. The van der Waals surface area contributed by atoms with E-state index in [0.29, 0.717) is 13.0 Å². The fraction of sp³-hybridized carbons (Fsp3) is 0.680. The lowest BCUT2D eigenvalue weighted by molar-refractivity contribution is -0.159. The molecule has 3 heterocycles. The fourth-order valence-electron chi connectivity index (χ4n) is 5.70. The SMILES string of the molecule is O=C(O)CCCc1cccc(C2(C(=O)OCC34CCN(CC3)CC4)CCCCC2)c1.